The normalized spacial score (nSPS) is 9.77. The number of hydrogen-bond acceptors (Lipinski definition) is 2. The molecule has 0 heterocycles. The first kappa shape index (κ1) is 10.2. The smallest absolute Gasteiger partial charge is 0.339 e. The molecular formula is C8H6Cl2O3. The van der Waals surface area contributed by atoms with Crippen molar-refractivity contribution in [3.63, 3.8) is 0 Å². The summed E-state index contributed by atoms with van der Waals surface area (Å²) in [6.45, 7) is 0. The molecule has 1 aromatic rings. The first-order valence-electron chi connectivity index (χ1n) is 3.32. The maximum Gasteiger partial charge on any atom is 0.339 e. The van der Waals surface area contributed by atoms with Crippen LogP contribution in [0.25, 0.3) is 0 Å². The maximum absolute atomic E-state index is 10.7. The third-order valence-electron chi connectivity index (χ3n) is 1.47. The molecule has 0 amide bonds. The Kier molecular flexibility index (Phi) is 3.01. The van der Waals surface area contributed by atoms with E-state index in [1.165, 1.54) is 19.2 Å². The van der Waals surface area contributed by atoms with Crippen molar-refractivity contribution in [1.82, 2.24) is 0 Å². The fourth-order valence-electron chi connectivity index (χ4n) is 0.865. The van der Waals surface area contributed by atoms with Crippen LogP contribution in [0.3, 0.4) is 0 Å². The highest BCUT2D eigenvalue weighted by molar-refractivity contribution is 6.42. The molecule has 0 bridgehead atoms. The molecule has 1 N–H and O–H groups in total. The average molecular weight is 221 g/mol. The lowest BCUT2D eigenvalue weighted by Gasteiger charge is -2.05. The van der Waals surface area contributed by atoms with Gasteiger partial charge in [-0.25, -0.2) is 4.79 Å². The lowest BCUT2D eigenvalue weighted by atomic mass is 10.2. The van der Waals surface area contributed by atoms with Crippen LogP contribution in [-0.2, 0) is 0 Å². The van der Waals surface area contributed by atoms with Crippen LogP contribution in [-0.4, -0.2) is 18.2 Å². The molecule has 1 aromatic carbocycles. The number of hydrogen-bond donors (Lipinski definition) is 1. The van der Waals surface area contributed by atoms with Gasteiger partial charge in [-0.3, -0.25) is 0 Å². The Labute approximate surface area is 84.8 Å². The fourth-order valence-corrected chi connectivity index (χ4v) is 1.18. The predicted molar refractivity (Wildman–Crippen MR) is 50.0 cm³/mol. The molecule has 13 heavy (non-hydrogen) atoms. The van der Waals surface area contributed by atoms with Crippen molar-refractivity contribution >= 4 is 29.2 Å². The van der Waals surface area contributed by atoms with Crippen molar-refractivity contribution < 1.29 is 14.6 Å². The number of methoxy groups -OCH3 is 1. The van der Waals surface area contributed by atoms with Crippen LogP contribution in [0.15, 0.2) is 12.1 Å². The van der Waals surface area contributed by atoms with Gasteiger partial charge in [-0.15, -0.1) is 0 Å². The quantitative estimate of drug-likeness (QED) is 0.834. The van der Waals surface area contributed by atoms with Crippen molar-refractivity contribution in [3.05, 3.63) is 27.7 Å². The minimum absolute atomic E-state index is 0.00287. The largest absolute Gasteiger partial charge is 0.496 e. The van der Waals surface area contributed by atoms with Crippen molar-refractivity contribution in [2.45, 2.75) is 0 Å². The van der Waals surface area contributed by atoms with Crippen LogP contribution in [0.1, 0.15) is 10.4 Å². The number of halogens is 2. The van der Waals surface area contributed by atoms with Crippen molar-refractivity contribution in [3.8, 4) is 5.75 Å². The minimum atomic E-state index is -1.10. The molecule has 0 saturated carbocycles. The number of rotatable bonds is 2. The molecule has 0 atom stereocenters. The van der Waals surface area contributed by atoms with E-state index in [0.29, 0.717) is 0 Å². The summed E-state index contributed by atoms with van der Waals surface area (Å²) < 4.78 is 4.82. The average Bonchev–Trinajstić information content (AvgIpc) is 2.08. The first-order chi connectivity index (χ1) is 6.06. The summed E-state index contributed by atoms with van der Waals surface area (Å²) in [6, 6.07) is 2.62. The van der Waals surface area contributed by atoms with Gasteiger partial charge in [0.1, 0.15) is 11.3 Å². The summed E-state index contributed by atoms with van der Waals surface area (Å²) in [5.74, 6) is -0.905. The van der Waals surface area contributed by atoms with Crippen molar-refractivity contribution in [1.29, 1.82) is 0 Å². The zero-order chi connectivity index (χ0) is 10.0. The van der Waals surface area contributed by atoms with E-state index < -0.39 is 5.97 Å². The zero-order valence-corrected chi connectivity index (χ0v) is 8.19. The first-order valence-corrected chi connectivity index (χ1v) is 4.08. The Bertz CT molecular complexity index is 349. The molecule has 70 valence electrons. The molecule has 0 aromatic heterocycles. The summed E-state index contributed by atoms with van der Waals surface area (Å²) in [5.41, 5.74) is -0.00287. The fraction of sp³-hybridized carbons (Fsp3) is 0.125. The van der Waals surface area contributed by atoms with E-state index in [9.17, 15) is 4.79 Å². The Morgan fingerprint density at radius 2 is 1.92 bits per heavy atom. The number of carboxylic acid groups (broad SMARTS) is 1. The second-order valence-electron chi connectivity index (χ2n) is 2.27. The molecule has 0 aliphatic rings. The lowest BCUT2D eigenvalue weighted by Crippen LogP contribution is -2.00. The number of ether oxygens (including phenoxy) is 1. The molecule has 0 aliphatic heterocycles. The van der Waals surface area contributed by atoms with E-state index >= 15 is 0 Å². The number of aromatic carboxylic acids is 1. The molecule has 1 rings (SSSR count). The third kappa shape index (κ3) is 2.05. The van der Waals surface area contributed by atoms with Gasteiger partial charge in [0.05, 0.1) is 17.2 Å². The van der Waals surface area contributed by atoms with Gasteiger partial charge in [-0.05, 0) is 6.07 Å². The van der Waals surface area contributed by atoms with Crippen molar-refractivity contribution in [2.24, 2.45) is 0 Å². The van der Waals surface area contributed by atoms with E-state index in [4.69, 9.17) is 33.0 Å². The Morgan fingerprint density at radius 1 is 1.38 bits per heavy atom. The predicted octanol–water partition coefficient (Wildman–Crippen LogP) is 2.70. The Balaban J connectivity index is 3.33. The maximum atomic E-state index is 10.7. The van der Waals surface area contributed by atoms with E-state index in [1.807, 2.05) is 0 Å². The van der Waals surface area contributed by atoms with Gasteiger partial charge in [0.25, 0.3) is 0 Å². The molecule has 0 aliphatic carbocycles. The van der Waals surface area contributed by atoms with Crippen LogP contribution in [0.4, 0.5) is 0 Å². The van der Waals surface area contributed by atoms with Gasteiger partial charge in [0.2, 0.25) is 0 Å². The van der Waals surface area contributed by atoms with Crippen LogP contribution in [0.5, 0.6) is 5.75 Å². The van der Waals surface area contributed by atoms with Crippen LogP contribution in [0.2, 0.25) is 10.0 Å². The van der Waals surface area contributed by atoms with Gasteiger partial charge >= 0.3 is 5.97 Å². The number of carboxylic acids is 1. The zero-order valence-electron chi connectivity index (χ0n) is 6.67. The molecule has 0 unspecified atom stereocenters. The molecule has 0 spiro atoms. The topological polar surface area (TPSA) is 46.5 Å². The van der Waals surface area contributed by atoms with E-state index in [0.717, 1.165) is 0 Å². The van der Waals surface area contributed by atoms with Crippen LogP contribution < -0.4 is 4.74 Å². The number of benzene rings is 1. The highest BCUT2D eigenvalue weighted by Gasteiger charge is 2.13. The summed E-state index contributed by atoms with van der Waals surface area (Å²) in [5, 5.41) is 9.19. The summed E-state index contributed by atoms with van der Waals surface area (Å²) in [7, 11) is 1.37. The molecule has 0 saturated heterocycles. The third-order valence-corrected chi connectivity index (χ3v) is 2.19. The molecule has 5 heteroatoms. The SMILES string of the molecule is COc1cc(Cl)c(Cl)cc1C(=O)O. The second kappa shape index (κ2) is 3.85. The molecule has 0 radical (unpaired) electrons. The summed E-state index contributed by atoms with van der Waals surface area (Å²) >= 11 is 11.3. The molecular weight excluding hydrogens is 215 g/mol. The van der Waals surface area contributed by atoms with Crippen LogP contribution in [0, 0.1) is 0 Å². The van der Waals surface area contributed by atoms with Gasteiger partial charge in [-0.1, -0.05) is 23.2 Å². The second-order valence-corrected chi connectivity index (χ2v) is 3.09. The highest BCUT2D eigenvalue weighted by atomic mass is 35.5. The van der Waals surface area contributed by atoms with E-state index in [2.05, 4.69) is 0 Å². The van der Waals surface area contributed by atoms with Gasteiger partial charge in [0.15, 0.2) is 0 Å². The summed E-state index contributed by atoms with van der Waals surface area (Å²) in [4.78, 5) is 10.7. The highest BCUT2D eigenvalue weighted by Crippen LogP contribution is 2.30. The van der Waals surface area contributed by atoms with Gasteiger partial charge in [0, 0.05) is 6.07 Å². The minimum Gasteiger partial charge on any atom is -0.496 e. The van der Waals surface area contributed by atoms with Gasteiger partial charge < -0.3 is 9.84 Å². The van der Waals surface area contributed by atoms with E-state index in [-0.39, 0.29) is 21.4 Å². The summed E-state index contributed by atoms with van der Waals surface area (Å²) in [6.07, 6.45) is 0. The Morgan fingerprint density at radius 3 is 2.38 bits per heavy atom. The molecule has 3 nitrogen and oxygen atoms in total. The standard InChI is InChI=1S/C8H6Cl2O3/c1-13-7-3-6(10)5(9)2-4(7)8(11)12/h2-3H,1H3,(H,11,12). The van der Waals surface area contributed by atoms with Gasteiger partial charge in [-0.2, -0.15) is 0 Å². The number of carbonyl (C=O) groups is 1. The van der Waals surface area contributed by atoms with E-state index in [1.54, 1.807) is 0 Å². The lowest BCUT2D eigenvalue weighted by molar-refractivity contribution is 0.0693. The van der Waals surface area contributed by atoms with Crippen molar-refractivity contribution in [2.75, 3.05) is 7.11 Å². The Hall–Kier alpha value is -0.930. The van der Waals surface area contributed by atoms with Crippen LogP contribution >= 0.6 is 23.2 Å². The monoisotopic (exact) mass is 220 g/mol. The molecule has 0 fully saturated rings.